The number of aromatic nitrogens is 1. The lowest BCUT2D eigenvalue weighted by Crippen LogP contribution is -1.94. The molecule has 0 fully saturated rings. The normalized spacial score (nSPS) is 11.9. The van der Waals surface area contributed by atoms with E-state index in [1.165, 1.54) is 21.9 Å². The van der Waals surface area contributed by atoms with E-state index in [-0.39, 0.29) is 0 Å². The van der Waals surface area contributed by atoms with Gasteiger partial charge in [0.05, 0.1) is 22.3 Å². The highest BCUT2D eigenvalue weighted by Gasteiger charge is 2.21. The molecule has 0 aliphatic heterocycles. The van der Waals surface area contributed by atoms with Gasteiger partial charge < -0.3 is 13.4 Å². The van der Waals surface area contributed by atoms with Crippen molar-refractivity contribution in [2.24, 2.45) is 0 Å². The molecule has 0 saturated heterocycles. The molecule has 0 unspecified atom stereocenters. The molecular weight excluding hydrogens is 528 g/mol. The number of furan rings is 2. The van der Waals surface area contributed by atoms with Crippen LogP contribution >= 0.6 is 0 Å². The Kier molecular flexibility index (Phi) is 4.78. The zero-order valence-electron chi connectivity index (χ0n) is 23.6. The topological polar surface area (TPSA) is 55.0 Å². The maximum atomic E-state index is 10.3. The smallest absolute Gasteiger partial charge is 0.159 e. The molecule has 0 radical (unpaired) electrons. The first kappa shape index (κ1) is 23.9. The standard InChI is InChI=1S/C39H24N2O2/c1-22-13-15-33-30(17-22)31-18-23(2)14-16-34(31)41(33)35-11-6-10-29-32-20-24(19-25(21-40)37(32)43-39(29)35)26-8-5-9-28-27-7-3-4-12-36(27)42-38(26)28/h3-20H,1-2H3. The van der Waals surface area contributed by atoms with E-state index in [0.29, 0.717) is 11.1 Å². The first-order valence-corrected chi connectivity index (χ1v) is 14.4. The Labute approximate surface area is 246 Å². The van der Waals surface area contributed by atoms with E-state index in [9.17, 15) is 5.26 Å². The molecule has 6 aromatic carbocycles. The number of para-hydroxylation sites is 3. The summed E-state index contributed by atoms with van der Waals surface area (Å²) in [6.45, 7) is 4.26. The van der Waals surface area contributed by atoms with Gasteiger partial charge in [-0.25, -0.2) is 0 Å². The van der Waals surface area contributed by atoms with Crippen molar-refractivity contribution in [1.82, 2.24) is 4.57 Å². The molecule has 0 N–H and O–H groups in total. The monoisotopic (exact) mass is 552 g/mol. The summed E-state index contributed by atoms with van der Waals surface area (Å²) in [6.07, 6.45) is 0. The Morgan fingerprint density at radius 3 is 1.98 bits per heavy atom. The summed E-state index contributed by atoms with van der Waals surface area (Å²) >= 11 is 0. The predicted molar refractivity (Wildman–Crippen MR) is 175 cm³/mol. The molecule has 202 valence electrons. The van der Waals surface area contributed by atoms with Crippen molar-refractivity contribution in [2.45, 2.75) is 13.8 Å². The Hall–Kier alpha value is -5.79. The van der Waals surface area contributed by atoms with E-state index in [0.717, 1.165) is 66.1 Å². The van der Waals surface area contributed by atoms with Crippen molar-refractivity contribution in [3.8, 4) is 22.9 Å². The van der Waals surface area contributed by atoms with Gasteiger partial charge in [0.2, 0.25) is 0 Å². The van der Waals surface area contributed by atoms with Gasteiger partial charge in [-0.1, -0.05) is 71.8 Å². The number of nitrogens with zero attached hydrogens (tertiary/aromatic N) is 2. The Morgan fingerprint density at radius 2 is 1.23 bits per heavy atom. The van der Waals surface area contributed by atoms with Gasteiger partial charge in [-0.15, -0.1) is 0 Å². The number of benzene rings is 6. The molecular formula is C39H24N2O2. The minimum Gasteiger partial charge on any atom is -0.455 e. The lowest BCUT2D eigenvalue weighted by molar-refractivity contribution is 0.665. The van der Waals surface area contributed by atoms with Gasteiger partial charge in [0.25, 0.3) is 0 Å². The molecule has 0 atom stereocenters. The SMILES string of the molecule is Cc1ccc2c(c1)c1cc(C)ccc1n2-c1cccc2c1oc1c(C#N)cc(-c3cccc4c3oc3ccccc34)cc12. The Bertz CT molecular complexity index is 2600. The summed E-state index contributed by atoms with van der Waals surface area (Å²) in [6, 6.07) is 40.2. The molecule has 0 saturated carbocycles. The van der Waals surface area contributed by atoms with Gasteiger partial charge in [-0.3, -0.25) is 0 Å². The van der Waals surface area contributed by atoms with Gasteiger partial charge >= 0.3 is 0 Å². The minimum atomic E-state index is 0.497. The van der Waals surface area contributed by atoms with Crippen LogP contribution in [0.3, 0.4) is 0 Å². The van der Waals surface area contributed by atoms with Gasteiger partial charge in [0, 0.05) is 37.9 Å². The van der Waals surface area contributed by atoms with Gasteiger partial charge in [-0.05, 0) is 67.9 Å². The van der Waals surface area contributed by atoms with Crippen LogP contribution in [0.25, 0.3) is 82.5 Å². The van der Waals surface area contributed by atoms with E-state index in [1.807, 2.05) is 30.3 Å². The molecule has 4 nitrogen and oxygen atoms in total. The highest BCUT2D eigenvalue weighted by Crippen LogP contribution is 2.42. The second kappa shape index (κ2) is 8.61. The fourth-order valence-corrected chi connectivity index (χ4v) is 6.78. The minimum absolute atomic E-state index is 0.497. The van der Waals surface area contributed by atoms with E-state index in [4.69, 9.17) is 8.83 Å². The van der Waals surface area contributed by atoms with E-state index in [1.54, 1.807) is 0 Å². The van der Waals surface area contributed by atoms with Crippen LogP contribution in [0.5, 0.6) is 0 Å². The van der Waals surface area contributed by atoms with Crippen LogP contribution < -0.4 is 0 Å². The molecule has 43 heavy (non-hydrogen) atoms. The number of aryl methyl sites for hydroxylation is 2. The van der Waals surface area contributed by atoms with Crippen LogP contribution in [0.1, 0.15) is 16.7 Å². The largest absolute Gasteiger partial charge is 0.455 e. The third-order valence-corrected chi connectivity index (χ3v) is 8.73. The summed E-state index contributed by atoms with van der Waals surface area (Å²) in [5.41, 5.74) is 11.0. The Morgan fingerprint density at radius 1 is 0.558 bits per heavy atom. The molecule has 0 aliphatic carbocycles. The van der Waals surface area contributed by atoms with Gasteiger partial charge in [0.1, 0.15) is 17.2 Å². The molecule has 0 aliphatic rings. The van der Waals surface area contributed by atoms with E-state index < -0.39 is 0 Å². The third-order valence-electron chi connectivity index (χ3n) is 8.73. The molecule has 0 amide bonds. The highest BCUT2D eigenvalue weighted by molar-refractivity contribution is 6.15. The van der Waals surface area contributed by atoms with Crippen LogP contribution in [-0.4, -0.2) is 4.57 Å². The van der Waals surface area contributed by atoms with Crippen molar-refractivity contribution in [3.63, 3.8) is 0 Å². The highest BCUT2D eigenvalue weighted by atomic mass is 16.3. The molecule has 9 aromatic rings. The fraction of sp³-hybridized carbons (Fsp3) is 0.0513. The van der Waals surface area contributed by atoms with E-state index in [2.05, 4.69) is 103 Å². The maximum absolute atomic E-state index is 10.3. The first-order valence-electron chi connectivity index (χ1n) is 14.4. The molecule has 0 bridgehead atoms. The Balaban J connectivity index is 1.35. The molecule has 4 heteroatoms. The summed E-state index contributed by atoms with van der Waals surface area (Å²) in [4.78, 5) is 0. The van der Waals surface area contributed by atoms with E-state index >= 15 is 0 Å². The molecule has 0 spiro atoms. The number of fused-ring (bicyclic) bond motifs is 9. The first-order chi connectivity index (χ1) is 21.1. The van der Waals surface area contributed by atoms with Crippen LogP contribution in [0.2, 0.25) is 0 Å². The van der Waals surface area contributed by atoms with Crippen LogP contribution in [0.15, 0.2) is 118 Å². The average molecular weight is 553 g/mol. The van der Waals surface area contributed by atoms with Crippen molar-refractivity contribution >= 4 is 65.7 Å². The zero-order chi connectivity index (χ0) is 28.8. The van der Waals surface area contributed by atoms with Crippen molar-refractivity contribution in [2.75, 3.05) is 0 Å². The third kappa shape index (κ3) is 3.31. The lowest BCUT2D eigenvalue weighted by Gasteiger charge is -2.08. The van der Waals surface area contributed by atoms with Gasteiger partial charge in [-0.2, -0.15) is 5.26 Å². The second-order valence-corrected chi connectivity index (χ2v) is 11.4. The summed E-state index contributed by atoms with van der Waals surface area (Å²) in [5.74, 6) is 0. The number of hydrogen-bond donors (Lipinski definition) is 0. The van der Waals surface area contributed by atoms with Gasteiger partial charge in [0.15, 0.2) is 11.2 Å². The van der Waals surface area contributed by atoms with Crippen molar-refractivity contribution < 1.29 is 8.83 Å². The van der Waals surface area contributed by atoms with Crippen LogP contribution in [0.4, 0.5) is 0 Å². The maximum Gasteiger partial charge on any atom is 0.159 e. The number of hydrogen-bond acceptors (Lipinski definition) is 3. The summed E-state index contributed by atoms with van der Waals surface area (Å²) < 4.78 is 15.3. The lowest BCUT2D eigenvalue weighted by atomic mass is 9.98. The van der Waals surface area contributed by atoms with Crippen molar-refractivity contribution in [3.05, 3.63) is 126 Å². The van der Waals surface area contributed by atoms with Crippen molar-refractivity contribution in [1.29, 1.82) is 5.26 Å². The quantitative estimate of drug-likeness (QED) is 0.214. The van der Waals surface area contributed by atoms with Crippen LogP contribution in [-0.2, 0) is 0 Å². The molecule has 3 aromatic heterocycles. The predicted octanol–water partition coefficient (Wildman–Crippen LogP) is 10.7. The van der Waals surface area contributed by atoms with Crippen LogP contribution in [0, 0.1) is 25.2 Å². The molecule has 9 rings (SSSR count). The average Bonchev–Trinajstić information content (AvgIpc) is 3.70. The number of rotatable bonds is 2. The summed E-state index contributed by atoms with van der Waals surface area (Å²) in [7, 11) is 0. The summed E-state index contributed by atoms with van der Waals surface area (Å²) in [5, 5.41) is 16.8. The number of nitriles is 1. The molecule has 3 heterocycles. The second-order valence-electron chi connectivity index (χ2n) is 11.4. The zero-order valence-corrected chi connectivity index (χ0v) is 23.6. The fourth-order valence-electron chi connectivity index (χ4n) is 6.78.